The first kappa shape index (κ1) is 12.6. The highest BCUT2D eigenvalue weighted by Gasteiger charge is 2.27. The van der Waals surface area contributed by atoms with E-state index in [9.17, 15) is 0 Å². The van der Waals surface area contributed by atoms with E-state index in [0.29, 0.717) is 6.04 Å². The normalized spacial score (nSPS) is 19.9. The zero-order valence-electron chi connectivity index (χ0n) is 11.2. The van der Waals surface area contributed by atoms with Crippen LogP contribution in [-0.4, -0.2) is 38.6 Å². The second kappa shape index (κ2) is 5.65. The van der Waals surface area contributed by atoms with E-state index in [-0.39, 0.29) is 0 Å². The maximum absolute atomic E-state index is 3.46. The molecular formula is C15H24N2. The highest BCUT2D eigenvalue weighted by atomic mass is 15.1. The van der Waals surface area contributed by atoms with Gasteiger partial charge < -0.3 is 10.2 Å². The van der Waals surface area contributed by atoms with Crippen molar-refractivity contribution in [3.05, 3.63) is 35.4 Å². The predicted molar refractivity (Wildman–Crippen MR) is 73.5 cm³/mol. The van der Waals surface area contributed by atoms with Gasteiger partial charge in [0.05, 0.1) is 0 Å². The van der Waals surface area contributed by atoms with Crippen LogP contribution in [0.4, 0.5) is 0 Å². The Balaban J connectivity index is 1.85. The maximum atomic E-state index is 3.46. The van der Waals surface area contributed by atoms with Gasteiger partial charge in [-0.3, -0.25) is 0 Å². The molecule has 1 aliphatic rings. The molecule has 0 saturated carbocycles. The van der Waals surface area contributed by atoms with Crippen LogP contribution in [0, 0.1) is 0 Å². The summed E-state index contributed by atoms with van der Waals surface area (Å²) in [5, 5.41) is 3.46. The van der Waals surface area contributed by atoms with E-state index in [1.807, 2.05) is 0 Å². The van der Waals surface area contributed by atoms with E-state index in [1.54, 1.807) is 11.1 Å². The number of rotatable bonds is 6. The van der Waals surface area contributed by atoms with Gasteiger partial charge in [0, 0.05) is 6.04 Å². The topological polar surface area (TPSA) is 15.3 Å². The Morgan fingerprint density at radius 3 is 2.76 bits per heavy atom. The first-order chi connectivity index (χ1) is 8.20. The molecule has 1 aromatic rings. The first-order valence-electron chi connectivity index (χ1n) is 6.60. The molecule has 1 aromatic carbocycles. The Kier molecular flexibility index (Phi) is 4.19. The third-order valence-electron chi connectivity index (χ3n) is 3.86. The number of nitrogens with zero attached hydrogens (tertiary/aromatic N) is 1. The number of fused-ring (bicyclic) bond motifs is 1. The molecule has 2 atom stereocenters. The highest BCUT2D eigenvalue weighted by molar-refractivity contribution is 5.39. The van der Waals surface area contributed by atoms with Gasteiger partial charge >= 0.3 is 0 Å². The summed E-state index contributed by atoms with van der Waals surface area (Å²) in [6, 6.07) is 9.52. The SMILES string of the molecule is CNC(CCN(C)C)CC1Cc2ccccc21. The summed E-state index contributed by atoms with van der Waals surface area (Å²) in [5.41, 5.74) is 3.14. The van der Waals surface area contributed by atoms with Crippen LogP contribution >= 0.6 is 0 Å². The second-order valence-electron chi connectivity index (χ2n) is 5.41. The van der Waals surface area contributed by atoms with Crippen molar-refractivity contribution in [1.29, 1.82) is 0 Å². The molecule has 0 fully saturated rings. The third kappa shape index (κ3) is 3.08. The van der Waals surface area contributed by atoms with Gasteiger partial charge in [0.1, 0.15) is 0 Å². The standard InChI is InChI=1S/C15H24N2/c1-16-14(8-9-17(2)3)11-13-10-12-6-4-5-7-15(12)13/h4-7,13-14,16H,8-11H2,1-3H3. The van der Waals surface area contributed by atoms with Crippen molar-refractivity contribution >= 4 is 0 Å². The molecule has 0 amide bonds. The lowest BCUT2D eigenvalue weighted by Gasteiger charge is -2.33. The summed E-state index contributed by atoms with van der Waals surface area (Å²) < 4.78 is 0. The van der Waals surface area contributed by atoms with E-state index in [2.05, 4.69) is 55.6 Å². The molecule has 0 radical (unpaired) electrons. The van der Waals surface area contributed by atoms with Crippen LogP contribution in [0.15, 0.2) is 24.3 Å². The van der Waals surface area contributed by atoms with E-state index < -0.39 is 0 Å². The van der Waals surface area contributed by atoms with E-state index in [1.165, 1.54) is 25.8 Å². The molecule has 0 bridgehead atoms. The lowest BCUT2D eigenvalue weighted by atomic mass is 9.74. The molecule has 1 N–H and O–H groups in total. The minimum absolute atomic E-state index is 0.649. The van der Waals surface area contributed by atoms with E-state index in [4.69, 9.17) is 0 Å². The van der Waals surface area contributed by atoms with Gasteiger partial charge in [-0.2, -0.15) is 0 Å². The Morgan fingerprint density at radius 2 is 2.12 bits per heavy atom. The molecular weight excluding hydrogens is 208 g/mol. The lowest BCUT2D eigenvalue weighted by Crippen LogP contribution is -2.33. The van der Waals surface area contributed by atoms with Crippen LogP contribution in [0.5, 0.6) is 0 Å². The number of benzene rings is 1. The number of nitrogens with one attached hydrogen (secondary N) is 1. The van der Waals surface area contributed by atoms with Gasteiger partial charge in [0.15, 0.2) is 0 Å². The summed E-state index contributed by atoms with van der Waals surface area (Å²) in [7, 11) is 6.38. The smallest absolute Gasteiger partial charge is 0.00821 e. The van der Waals surface area contributed by atoms with Gasteiger partial charge in [-0.15, -0.1) is 0 Å². The zero-order chi connectivity index (χ0) is 12.3. The van der Waals surface area contributed by atoms with Crippen LogP contribution in [-0.2, 0) is 6.42 Å². The predicted octanol–water partition coefficient (Wildman–Crippen LogP) is 2.26. The Hall–Kier alpha value is -0.860. The Bertz CT molecular complexity index is 360. The summed E-state index contributed by atoms with van der Waals surface area (Å²) in [5.74, 6) is 0.783. The van der Waals surface area contributed by atoms with Crippen molar-refractivity contribution in [2.24, 2.45) is 0 Å². The zero-order valence-corrected chi connectivity index (χ0v) is 11.2. The summed E-state index contributed by atoms with van der Waals surface area (Å²) in [6.45, 7) is 1.17. The fourth-order valence-corrected chi connectivity index (χ4v) is 2.71. The molecule has 2 rings (SSSR count). The number of hydrogen-bond donors (Lipinski definition) is 1. The average Bonchev–Trinajstić information content (AvgIpc) is 2.29. The summed E-state index contributed by atoms with van der Waals surface area (Å²) in [6.07, 6.45) is 3.79. The molecule has 1 aliphatic carbocycles. The third-order valence-corrected chi connectivity index (χ3v) is 3.86. The van der Waals surface area contributed by atoms with Gasteiger partial charge in [-0.1, -0.05) is 24.3 Å². The van der Waals surface area contributed by atoms with Crippen molar-refractivity contribution in [1.82, 2.24) is 10.2 Å². The highest BCUT2D eigenvalue weighted by Crippen LogP contribution is 2.38. The largest absolute Gasteiger partial charge is 0.317 e. The quantitative estimate of drug-likeness (QED) is 0.809. The minimum Gasteiger partial charge on any atom is -0.317 e. The van der Waals surface area contributed by atoms with Crippen molar-refractivity contribution in [2.75, 3.05) is 27.7 Å². The van der Waals surface area contributed by atoms with Gasteiger partial charge in [0.25, 0.3) is 0 Å². The van der Waals surface area contributed by atoms with Crippen LogP contribution in [0.2, 0.25) is 0 Å². The van der Waals surface area contributed by atoms with Crippen molar-refractivity contribution < 1.29 is 0 Å². The molecule has 2 unspecified atom stereocenters. The Morgan fingerprint density at radius 1 is 1.35 bits per heavy atom. The fourth-order valence-electron chi connectivity index (χ4n) is 2.71. The summed E-state index contributed by atoms with van der Waals surface area (Å²) >= 11 is 0. The van der Waals surface area contributed by atoms with Crippen LogP contribution in [0.25, 0.3) is 0 Å². The first-order valence-corrected chi connectivity index (χ1v) is 6.60. The monoisotopic (exact) mass is 232 g/mol. The minimum atomic E-state index is 0.649. The van der Waals surface area contributed by atoms with Gasteiger partial charge in [0.2, 0.25) is 0 Å². The van der Waals surface area contributed by atoms with Gasteiger partial charge in [-0.25, -0.2) is 0 Å². The molecule has 0 saturated heterocycles. The van der Waals surface area contributed by atoms with E-state index in [0.717, 1.165) is 5.92 Å². The van der Waals surface area contributed by atoms with Crippen LogP contribution < -0.4 is 5.32 Å². The van der Waals surface area contributed by atoms with Crippen molar-refractivity contribution in [2.45, 2.75) is 31.2 Å². The van der Waals surface area contributed by atoms with E-state index >= 15 is 0 Å². The average molecular weight is 232 g/mol. The summed E-state index contributed by atoms with van der Waals surface area (Å²) in [4.78, 5) is 2.26. The maximum Gasteiger partial charge on any atom is 0.00821 e. The second-order valence-corrected chi connectivity index (χ2v) is 5.41. The van der Waals surface area contributed by atoms with Crippen molar-refractivity contribution in [3.8, 4) is 0 Å². The molecule has 0 spiro atoms. The van der Waals surface area contributed by atoms with Crippen molar-refractivity contribution in [3.63, 3.8) is 0 Å². The van der Waals surface area contributed by atoms with Crippen LogP contribution in [0.1, 0.15) is 29.9 Å². The molecule has 2 heteroatoms. The van der Waals surface area contributed by atoms with Crippen LogP contribution in [0.3, 0.4) is 0 Å². The molecule has 0 aliphatic heterocycles. The molecule has 94 valence electrons. The lowest BCUT2D eigenvalue weighted by molar-refractivity contribution is 0.341. The molecule has 17 heavy (non-hydrogen) atoms. The molecule has 2 nitrogen and oxygen atoms in total. The molecule has 0 aromatic heterocycles. The Labute approximate surface area is 105 Å². The molecule has 0 heterocycles. The number of hydrogen-bond acceptors (Lipinski definition) is 2. The van der Waals surface area contributed by atoms with Gasteiger partial charge in [-0.05, 0) is 64.0 Å². The fraction of sp³-hybridized carbons (Fsp3) is 0.600.